The Kier molecular flexibility index (Phi) is 2.98. The van der Waals surface area contributed by atoms with Crippen molar-refractivity contribution in [2.75, 3.05) is 13.1 Å². The quantitative estimate of drug-likeness (QED) is 0.759. The first-order valence-electron chi connectivity index (χ1n) is 5.17. The van der Waals surface area contributed by atoms with Crippen LogP contribution in [0.4, 0.5) is 4.39 Å². The second-order valence-electron chi connectivity index (χ2n) is 3.89. The van der Waals surface area contributed by atoms with Gasteiger partial charge in [0.1, 0.15) is 5.82 Å². The van der Waals surface area contributed by atoms with Crippen LogP contribution >= 0.6 is 0 Å². The smallest absolute Gasteiger partial charge is 0.123 e. The number of rotatable bonds is 1. The van der Waals surface area contributed by atoms with Crippen LogP contribution in [0.2, 0.25) is 0 Å². The van der Waals surface area contributed by atoms with Crippen LogP contribution in [0.3, 0.4) is 0 Å². The summed E-state index contributed by atoms with van der Waals surface area (Å²) in [5.74, 6) is 0.0251. The van der Waals surface area contributed by atoms with Gasteiger partial charge in [0.05, 0.1) is 12.0 Å². The van der Waals surface area contributed by atoms with Crippen LogP contribution in [0.25, 0.3) is 0 Å². The zero-order valence-electron chi connectivity index (χ0n) is 8.41. The summed E-state index contributed by atoms with van der Waals surface area (Å²) in [6, 6.07) is 8.80. The van der Waals surface area contributed by atoms with Crippen molar-refractivity contribution in [1.82, 2.24) is 5.32 Å². The first-order valence-corrected chi connectivity index (χ1v) is 5.17. The first kappa shape index (κ1) is 10.1. The first-order chi connectivity index (χ1) is 7.31. The lowest BCUT2D eigenvalue weighted by Crippen LogP contribution is -2.34. The molecule has 1 aromatic carbocycles. The minimum absolute atomic E-state index is 0.0525. The summed E-state index contributed by atoms with van der Waals surface area (Å²) >= 11 is 0. The van der Waals surface area contributed by atoms with Gasteiger partial charge in [0, 0.05) is 12.5 Å². The number of nitrogens with zero attached hydrogens (tertiary/aromatic N) is 1. The van der Waals surface area contributed by atoms with Crippen molar-refractivity contribution < 1.29 is 4.39 Å². The van der Waals surface area contributed by atoms with E-state index in [1.165, 1.54) is 12.1 Å². The van der Waals surface area contributed by atoms with Gasteiger partial charge in [-0.25, -0.2) is 4.39 Å². The third kappa shape index (κ3) is 2.16. The molecule has 2 atom stereocenters. The fourth-order valence-corrected chi connectivity index (χ4v) is 2.07. The van der Waals surface area contributed by atoms with Crippen LogP contribution in [0.5, 0.6) is 0 Å². The molecular formula is C12H13FN2. The van der Waals surface area contributed by atoms with Gasteiger partial charge in [-0.05, 0) is 30.7 Å². The van der Waals surface area contributed by atoms with E-state index in [1.54, 1.807) is 12.1 Å². The maximum absolute atomic E-state index is 12.8. The van der Waals surface area contributed by atoms with Gasteiger partial charge in [-0.15, -0.1) is 0 Å². The lowest BCUT2D eigenvalue weighted by atomic mass is 9.82. The maximum Gasteiger partial charge on any atom is 0.123 e. The van der Waals surface area contributed by atoms with Crippen molar-refractivity contribution in [2.24, 2.45) is 5.92 Å². The minimum Gasteiger partial charge on any atom is -0.316 e. The summed E-state index contributed by atoms with van der Waals surface area (Å²) in [5.41, 5.74) is 1.05. The van der Waals surface area contributed by atoms with Crippen LogP contribution < -0.4 is 5.32 Å². The molecule has 0 aromatic heterocycles. The summed E-state index contributed by atoms with van der Waals surface area (Å²) in [6.45, 7) is 1.71. The molecule has 0 amide bonds. The predicted octanol–water partition coefficient (Wildman–Crippen LogP) is 2.04. The molecule has 78 valence electrons. The molecule has 1 heterocycles. The average molecular weight is 204 g/mol. The predicted molar refractivity (Wildman–Crippen MR) is 55.7 cm³/mol. The monoisotopic (exact) mass is 204 g/mol. The minimum atomic E-state index is -0.226. The van der Waals surface area contributed by atoms with E-state index in [9.17, 15) is 4.39 Å². The summed E-state index contributed by atoms with van der Waals surface area (Å²) in [7, 11) is 0. The topological polar surface area (TPSA) is 35.8 Å². The molecule has 0 bridgehead atoms. The Labute approximate surface area is 88.7 Å². The Morgan fingerprint density at radius 2 is 2.07 bits per heavy atom. The van der Waals surface area contributed by atoms with E-state index in [4.69, 9.17) is 5.26 Å². The number of benzene rings is 1. The molecule has 0 spiro atoms. The van der Waals surface area contributed by atoms with Gasteiger partial charge in [-0.3, -0.25) is 0 Å². The molecule has 1 aliphatic rings. The fraction of sp³-hybridized carbons (Fsp3) is 0.417. The lowest BCUT2D eigenvalue weighted by Gasteiger charge is -2.27. The van der Waals surface area contributed by atoms with E-state index in [1.807, 2.05) is 0 Å². The molecule has 2 rings (SSSR count). The zero-order valence-corrected chi connectivity index (χ0v) is 8.41. The van der Waals surface area contributed by atoms with Gasteiger partial charge in [-0.1, -0.05) is 12.1 Å². The van der Waals surface area contributed by atoms with E-state index in [0.29, 0.717) is 0 Å². The van der Waals surface area contributed by atoms with E-state index < -0.39 is 0 Å². The zero-order chi connectivity index (χ0) is 10.7. The number of nitriles is 1. The van der Waals surface area contributed by atoms with Crippen molar-refractivity contribution in [3.63, 3.8) is 0 Å². The molecule has 3 heteroatoms. The van der Waals surface area contributed by atoms with E-state index in [-0.39, 0.29) is 17.7 Å². The molecule has 0 aliphatic carbocycles. The molecule has 2 nitrogen and oxygen atoms in total. The number of halogens is 1. The molecule has 1 aliphatic heterocycles. The molecular weight excluding hydrogens is 191 g/mol. The van der Waals surface area contributed by atoms with Crippen LogP contribution in [0.15, 0.2) is 24.3 Å². The number of hydrogen-bond acceptors (Lipinski definition) is 2. The second-order valence-corrected chi connectivity index (χ2v) is 3.89. The molecule has 1 N–H and O–H groups in total. The number of nitrogens with one attached hydrogen (secondary N) is 1. The highest BCUT2D eigenvalue weighted by Crippen LogP contribution is 2.28. The highest BCUT2D eigenvalue weighted by molar-refractivity contribution is 5.24. The Hall–Kier alpha value is -1.40. The molecule has 0 saturated carbocycles. The van der Waals surface area contributed by atoms with Crippen molar-refractivity contribution in [1.29, 1.82) is 5.26 Å². The van der Waals surface area contributed by atoms with Gasteiger partial charge >= 0.3 is 0 Å². The van der Waals surface area contributed by atoms with Crippen molar-refractivity contribution in [3.8, 4) is 6.07 Å². The third-order valence-corrected chi connectivity index (χ3v) is 2.95. The Morgan fingerprint density at radius 3 is 2.73 bits per heavy atom. The number of piperidine rings is 1. The average Bonchev–Trinajstić information content (AvgIpc) is 2.30. The standard InChI is InChI=1S/C12H13FN2/c13-11-3-1-9(2-4-11)12-8-15-6-5-10(12)7-14/h1-4,10,12,15H,5-6,8H2. The second kappa shape index (κ2) is 4.41. The highest BCUT2D eigenvalue weighted by Gasteiger charge is 2.25. The molecule has 2 unspecified atom stereocenters. The van der Waals surface area contributed by atoms with Crippen molar-refractivity contribution >= 4 is 0 Å². The normalized spacial score (nSPS) is 25.9. The van der Waals surface area contributed by atoms with E-state index in [0.717, 1.165) is 25.1 Å². The van der Waals surface area contributed by atoms with Crippen molar-refractivity contribution in [2.45, 2.75) is 12.3 Å². The fourth-order valence-electron chi connectivity index (χ4n) is 2.07. The van der Waals surface area contributed by atoms with Gasteiger partial charge in [-0.2, -0.15) is 5.26 Å². The SMILES string of the molecule is N#CC1CCNCC1c1ccc(F)cc1. The van der Waals surface area contributed by atoms with Crippen LogP contribution in [-0.4, -0.2) is 13.1 Å². The number of hydrogen-bond donors (Lipinski definition) is 1. The summed E-state index contributed by atoms with van der Waals surface area (Å²) < 4.78 is 12.8. The third-order valence-electron chi connectivity index (χ3n) is 2.95. The lowest BCUT2D eigenvalue weighted by molar-refractivity contribution is 0.387. The van der Waals surface area contributed by atoms with Gasteiger partial charge in [0.2, 0.25) is 0 Å². The molecule has 1 saturated heterocycles. The largest absolute Gasteiger partial charge is 0.316 e. The van der Waals surface area contributed by atoms with Gasteiger partial charge in [0.15, 0.2) is 0 Å². The van der Waals surface area contributed by atoms with Crippen LogP contribution in [0, 0.1) is 23.1 Å². The molecule has 1 aromatic rings. The van der Waals surface area contributed by atoms with E-state index in [2.05, 4.69) is 11.4 Å². The molecule has 0 radical (unpaired) electrons. The Morgan fingerprint density at radius 1 is 1.33 bits per heavy atom. The molecule has 1 fully saturated rings. The van der Waals surface area contributed by atoms with Crippen LogP contribution in [-0.2, 0) is 0 Å². The highest BCUT2D eigenvalue weighted by atomic mass is 19.1. The summed E-state index contributed by atoms with van der Waals surface area (Å²) in [4.78, 5) is 0. The van der Waals surface area contributed by atoms with Gasteiger partial charge < -0.3 is 5.32 Å². The van der Waals surface area contributed by atoms with Gasteiger partial charge in [0.25, 0.3) is 0 Å². The van der Waals surface area contributed by atoms with Crippen molar-refractivity contribution in [3.05, 3.63) is 35.6 Å². The Bertz CT molecular complexity index is 366. The maximum atomic E-state index is 12.8. The summed E-state index contributed by atoms with van der Waals surface area (Å²) in [5, 5.41) is 12.3. The summed E-state index contributed by atoms with van der Waals surface area (Å²) in [6.07, 6.45) is 0.874. The molecule has 15 heavy (non-hydrogen) atoms. The Balaban J connectivity index is 2.21. The van der Waals surface area contributed by atoms with Crippen LogP contribution in [0.1, 0.15) is 17.9 Å². The van der Waals surface area contributed by atoms with E-state index >= 15 is 0 Å².